The molecule has 10 nitrogen and oxygen atoms in total. The summed E-state index contributed by atoms with van der Waals surface area (Å²) in [4.78, 5) is 44.6. The van der Waals surface area contributed by atoms with E-state index in [1.54, 1.807) is 24.1 Å². The van der Waals surface area contributed by atoms with Crippen LogP contribution in [0.3, 0.4) is 0 Å². The molecule has 1 aliphatic heterocycles. The normalized spacial score (nSPS) is 13.7. The number of nitrogens with zero attached hydrogens (tertiary/aromatic N) is 4. The molecule has 1 aliphatic rings. The Hall–Kier alpha value is -3.92. The molecule has 2 N–H and O–H groups in total. The maximum absolute atomic E-state index is 12.7. The molecule has 204 valence electrons. The smallest absolute Gasteiger partial charge is 0.330 e. The van der Waals surface area contributed by atoms with Gasteiger partial charge in [-0.15, -0.1) is 0 Å². The van der Waals surface area contributed by atoms with Gasteiger partial charge in [0.1, 0.15) is 5.75 Å². The summed E-state index contributed by atoms with van der Waals surface area (Å²) in [5.74, 6) is -0.143. The van der Waals surface area contributed by atoms with Crippen molar-refractivity contribution in [2.45, 2.75) is 39.2 Å². The molecule has 10 heteroatoms. The van der Waals surface area contributed by atoms with E-state index in [9.17, 15) is 14.4 Å². The fraction of sp³-hybridized carbons (Fsp3) is 0.429. The summed E-state index contributed by atoms with van der Waals surface area (Å²) in [6.45, 7) is 6.24. The Balaban J connectivity index is 1.68. The van der Waals surface area contributed by atoms with E-state index in [1.165, 1.54) is 25.9 Å². The molecule has 0 bridgehead atoms. The van der Waals surface area contributed by atoms with Gasteiger partial charge >= 0.3 is 12.0 Å². The number of aliphatic carboxylic acids is 1. The van der Waals surface area contributed by atoms with Gasteiger partial charge in [-0.1, -0.05) is 29.8 Å². The number of amides is 3. The van der Waals surface area contributed by atoms with Gasteiger partial charge in [0.15, 0.2) is 0 Å². The van der Waals surface area contributed by atoms with Crippen molar-refractivity contribution in [3.63, 3.8) is 0 Å². The van der Waals surface area contributed by atoms with Crippen molar-refractivity contribution < 1.29 is 24.2 Å². The minimum atomic E-state index is -1.10. The molecule has 3 amide bonds. The van der Waals surface area contributed by atoms with Gasteiger partial charge in [0, 0.05) is 26.7 Å². The van der Waals surface area contributed by atoms with Gasteiger partial charge in [-0.05, 0) is 69.1 Å². The summed E-state index contributed by atoms with van der Waals surface area (Å²) >= 11 is 0. The van der Waals surface area contributed by atoms with Crippen LogP contribution in [0.1, 0.15) is 36.8 Å². The van der Waals surface area contributed by atoms with Crippen molar-refractivity contribution in [3.05, 3.63) is 59.7 Å². The zero-order chi connectivity index (χ0) is 27.3. The number of hydrogen-bond donors (Lipinski definition) is 2. The van der Waals surface area contributed by atoms with Crippen LogP contribution in [0.25, 0.3) is 0 Å². The fourth-order valence-electron chi connectivity index (χ4n) is 4.06. The maximum Gasteiger partial charge on any atom is 0.330 e. The van der Waals surface area contributed by atoms with Crippen LogP contribution in [-0.4, -0.2) is 84.0 Å². The van der Waals surface area contributed by atoms with E-state index in [4.69, 9.17) is 9.84 Å². The van der Waals surface area contributed by atoms with Crippen LogP contribution in [0.5, 0.6) is 5.75 Å². The fourth-order valence-corrected chi connectivity index (χ4v) is 4.06. The van der Waals surface area contributed by atoms with E-state index in [0.29, 0.717) is 25.2 Å². The lowest BCUT2D eigenvalue weighted by Gasteiger charge is -2.24. The number of carboxylic acids is 1. The molecular formula is C28H37N5O5. The Kier molecular flexibility index (Phi) is 11.1. The molecular weight excluding hydrogens is 486 g/mol. The van der Waals surface area contributed by atoms with Crippen LogP contribution in [0.4, 0.5) is 10.5 Å². The Morgan fingerprint density at radius 3 is 2.42 bits per heavy atom. The number of aryl methyl sites for hydroxylation is 1. The summed E-state index contributed by atoms with van der Waals surface area (Å²) in [7, 11) is 1.78. The third-order valence-electron chi connectivity index (χ3n) is 6.23. The number of hydrogen-bond acceptors (Lipinski definition) is 6. The number of ether oxygens (including phenoxy) is 1. The van der Waals surface area contributed by atoms with Gasteiger partial charge in [-0.2, -0.15) is 0 Å². The van der Waals surface area contributed by atoms with Gasteiger partial charge < -0.3 is 19.6 Å². The van der Waals surface area contributed by atoms with Crippen molar-refractivity contribution in [2.24, 2.45) is 4.99 Å². The summed E-state index contributed by atoms with van der Waals surface area (Å²) in [6.07, 6.45) is 3.49. The SMILES string of the molecule is Cc1ccc(CN(C)C(=Nc2ccc(OCCCN3CCCC3)cc2)NC(=O)N(C=O)CCC(=O)O)cc1. The van der Waals surface area contributed by atoms with Crippen LogP contribution in [0, 0.1) is 6.92 Å². The number of likely N-dealkylation sites (tertiary alicyclic amines) is 1. The quantitative estimate of drug-likeness (QED) is 0.189. The van der Waals surface area contributed by atoms with E-state index in [0.717, 1.165) is 34.7 Å². The van der Waals surface area contributed by atoms with Crippen molar-refractivity contribution in [2.75, 3.05) is 39.8 Å². The molecule has 0 radical (unpaired) electrons. The number of carboxylic acid groups (broad SMARTS) is 1. The Labute approximate surface area is 223 Å². The third kappa shape index (κ3) is 9.51. The minimum Gasteiger partial charge on any atom is -0.494 e. The molecule has 38 heavy (non-hydrogen) atoms. The monoisotopic (exact) mass is 523 g/mol. The molecule has 2 aromatic rings. The second-order valence-corrected chi connectivity index (χ2v) is 9.39. The summed E-state index contributed by atoms with van der Waals surface area (Å²) < 4.78 is 5.87. The van der Waals surface area contributed by atoms with Crippen molar-refractivity contribution in [3.8, 4) is 5.75 Å². The van der Waals surface area contributed by atoms with Crippen LogP contribution in [0.15, 0.2) is 53.5 Å². The predicted molar refractivity (Wildman–Crippen MR) is 146 cm³/mol. The first-order chi connectivity index (χ1) is 18.3. The van der Waals surface area contributed by atoms with E-state index in [2.05, 4.69) is 15.2 Å². The number of imide groups is 1. The molecule has 1 saturated heterocycles. The lowest BCUT2D eigenvalue weighted by molar-refractivity contribution is -0.137. The maximum atomic E-state index is 12.7. The first-order valence-electron chi connectivity index (χ1n) is 12.9. The van der Waals surface area contributed by atoms with Crippen LogP contribution >= 0.6 is 0 Å². The van der Waals surface area contributed by atoms with E-state index in [-0.39, 0.29) is 18.9 Å². The van der Waals surface area contributed by atoms with Crippen LogP contribution in [0.2, 0.25) is 0 Å². The third-order valence-corrected chi connectivity index (χ3v) is 6.23. The standard InChI is InChI=1S/C28H37N5O5/c1-22-6-8-23(9-7-22)20-31(2)27(30-28(37)33(21-34)18-14-26(35)36)29-24-10-12-25(13-11-24)38-19-5-17-32-15-3-4-16-32/h6-13,21H,3-5,14-20H2,1-2H3,(H,35,36)(H,29,30,37). The summed E-state index contributed by atoms with van der Waals surface area (Å²) in [5.41, 5.74) is 2.73. The van der Waals surface area contributed by atoms with Gasteiger partial charge in [-0.3, -0.25) is 19.8 Å². The number of carbonyl (C=O) groups is 3. The highest BCUT2D eigenvalue weighted by Gasteiger charge is 2.18. The van der Waals surface area contributed by atoms with Gasteiger partial charge in [0.05, 0.1) is 18.7 Å². The number of aliphatic imine (C=N–C) groups is 1. The lowest BCUT2D eigenvalue weighted by atomic mass is 10.1. The number of urea groups is 1. The molecule has 0 spiro atoms. The van der Waals surface area contributed by atoms with Crippen LogP contribution < -0.4 is 10.1 Å². The van der Waals surface area contributed by atoms with Crippen molar-refractivity contribution >= 4 is 30.1 Å². The number of nitrogens with one attached hydrogen (secondary N) is 1. The van der Waals surface area contributed by atoms with Crippen molar-refractivity contribution in [1.82, 2.24) is 20.0 Å². The highest BCUT2D eigenvalue weighted by molar-refractivity contribution is 6.00. The topological polar surface area (TPSA) is 115 Å². The van der Waals surface area contributed by atoms with E-state index in [1.807, 2.05) is 43.3 Å². The average molecular weight is 524 g/mol. The molecule has 2 aromatic carbocycles. The Morgan fingerprint density at radius 2 is 1.79 bits per heavy atom. The second-order valence-electron chi connectivity index (χ2n) is 9.39. The molecule has 0 saturated carbocycles. The lowest BCUT2D eigenvalue weighted by Crippen LogP contribution is -2.48. The Bertz CT molecular complexity index is 1080. The minimum absolute atomic E-state index is 0.219. The largest absolute Gasteiger partial charge is 0.494 e. The van der Waals surface area contributed by atoms with Crippen LogP contribution in [-0.2, 0) is 16.1 Å². The summed E-state index contributed by atoms with van der Waals surface area (Å²) in [5, 5.41) is 11.6. The highest BCUT2D eigenvalue weighted by Crippen LogP contribution is 2.19. The first-order valence-corrected chi connectivity index (χ1v) is 12.9. The predicted octanol–water partition coefficient (Wildman–Crippen LogP) is 3.62. The number of rotatable bonds is 12. The highest BCUT2D eigenvalue weighted by atomic mass is 16.5. The van der Waals surface area contributed by atoms with Crippen molar-refractivity contribution in [1.29, 1.82) is 0 Å². The molecule has 1 heterocycles. The molecule has 0 aromatic heterocycles. The van der Waals surface area contributed by atoms with E-state index >= 15 is 0 Å². The first kappa shape index (κ1) is 28.6. The molecule has 3 rings (SSSR count). The number of carbonyl (C=O) groups excluding carboxylic acids is 2. The second kappa shape index (κ2) is 14.7. The number of benzene rings is 2. The zero-order valence-corrected chi connectivity index (χ0v) is 22.1. The Morgan fingerprint density at radius 1 is 1.11 bits per heavy atom. The van der Waals surface area contributed by atoms with E-state index < -0.39 is 12.0 Å². The van der Waals surface area contributed by atoms with Gasteiger partial charge in [0.2, 0.25) is 12.4 Å². The molecule has 1 fully saturated rings. The van der Waals surface area contributed by atoms with Gasteiger partial charge in [-0.25, -0.2) is 9.79 Å². The number of guanidine groups is 1. The molecule has 0 aliphatic carbocycles. The summed E-state index contributed by atoms with van der Waals surface area (Å²) in [6, 6.07) is 14.5. The average Bonchev–Trinajstić information content (AvgIpc) is 3.42. The molecule has 0 atom stereocenters. The molecule has 0 unspecified atom stereocenters. The zero-order valence-electron chi connectivity index (χ0n) is 22.1. The van der Waals surface area contributed by atoms with Gasteiger partial charge in [0.25, 0.3) is 0 Å².